The van der Waals surface area contributed by atoms with Gasteiger partial charge in [-0.05, 0) is 59.2 Å². The molecule has 0 bridgehead atoms. The largest absolute Gasteiger partial charge is 0.456 e. The third-order valence-corrected chi connectivity index (χ3v) is 7.80. The van der Waals surface area contributed by atoms with Crippen molar-refractivity contribution in [2.75, 3.05) is 0 Å². The van der Waals surface area contributed by atoms with E-state index in [0.29, 0.717) is 0 Å². The van der Waals surface area contributed by atoms with Gasteiger partial charge in [0.2, 0.25) is 0 Å². The van der Waals surface area contributed by atoms with Crippen LogP contribution in [0.15, 0.2) is 129 Å². The third-order valence-electron chi connectivity index (χ3n) is 7.80. The number of hydrogen-bond acceptors (Lipinski definition) is 4. The molecule has 0 radical (unpaired) electrons. The lowest BCUT2D eigenvalue weighted by Crippen LogP contribution is -1.83. The molecule has 0 aliphatic rings. The molecular formula is C35H19NO3. The van der Waals surface area contributed by atoms with Gasteiger partial charge in [-0.1, -0.05) is 60.7 Å². The SMILES string of the molecule is c1ccc2c(c1)oc1c2ccc2oc3cc(-c4ccc(-c5ccncc5)cc4)c4oc5ccccc5c4c3c21. The van der Waals surface area contributed by atoms with Crippen LogP contribution in [0.4, 0.5) is 0 Å². The topological polar surface area (TPSA) is 52.3 Å². The monoisotopic (exact) mass is 501 g/mol. The predicted octanol–water partition coefficient (Wildman–Crippen LogP) is 10.1. The van der Waals surface area contributed by atoms with Crippen LogP contribution in [-0.2, 0) is 0 Å². The van der Waals surface area contributed by atoms with Crippen molar-refractivity contribution in [3.8, 4) is 22.3 Å². The molecule has 4 nitrogen and oxygen atoms in total. The van der Waals surface area contributed by atoms with E-state index in [1.807, 2.05) is 54.9 Å². The summed E-state index contributed by atoms with van der Waals surface area (Å²) in [6.45, 7) is 0. The Morgan fingerprint density at radius 3 is 1.90 bits per heavy atom. The first-order valence-corrected chi connectivity index (χ1v) is 12.9. The highest BCUT2D eigenvalue weighted by Crippen LogP contribution is 2.47. The fourth-order valence-electron chi connectivity index (χ4n) is 6.02. The van der Waals surface area contributed by atoms with E-state index in [1.165, 1.54) is 0 Å². The Kier molecular flexibility index (Phi) is 4.02. The summed E-state index contributed by atoms with van der Waals surface area (Å²) in [7, 11) is 0. The molecule has 5 aromatic carbocycles. The van der Waals surface area contributed by atoms with Gasteiger partial charge >= 0.3 is 0 Å². The number of furan rings is 3. The number of rotatable bonds is 2. The van der Waals surface area contributed by atoms with Crippen molar-refractivity contribution in [1.29, 1.82) is 0 Å². The van der Waals surface area contributed by atoms with E-state index in [2.05, 4.69) is 65.6 Å². The van der Waals surface area contributed by atoms with Gasteiger partial charge < -0.3 is 13.3 Å². The maximum absolute atomic E-state index is 6.57. The minimum atomic E-state index is 0.799. The third kappa shape index (κ3) is 2.85. The number of aromatic nitrogens is 1. The highest BCUT2D eigenvalue weighted by molar-refractivity contribution is 6.33. The number of hydrogen-bond donors (Lipinski definition) is 0. The lowest BCUT2D eigenvalue weighted by atomic mass is 9.96. The lowest BCUT2D eigenvalue weighted by molar-refractivity contribution is 0.660. The molecule has 9 aromatic rings. The van der Waals surface area contributed by atoms with Crippen LogP contribution in [0.2, 0.25) is 0 Å². The molecule has 0 amide bonds. The Balaban J connectivity index is 1.40. The van der Waals surface area contributed by atoms with Crippen LogP contribution in [0.5, 0.6) is 0 Å². The van der Waals surface area contributed by atoms with Gasteiger partial charge in [-0.15, -0.1) is 0 Å². The normalized spacial score (nSPS) is 12.1. The molecule has 0 fully saturated rings. The van der Waals surface area contributed by atoms with Crippen molar-refractivity contribution in [3.63, 3.8) is 0 Å². The molecule has 0 atom stereocenters. The zero-order valence-electron chi connectivity index (χ0n) is 20.6. The standard InChI is InChI=1S/C35H19NO3/c1-3-7-27-23(5-1)24-13-14-29-33(34(24)38-27)32-30(37-29)19-26(35-31(32)25-6-2-4-8-28(25)39-35)22-11-9-20(10-12-22)21-15-17-36-18-16-21/h1-19H. The second-order valence-electron chi connectivity index (χ2n) is 9.93. The molecule has 0 aliphatic carbocycles. The van der Waals surface area contributed by atoms with E-state index in [9.17, 15) is 0 Å². The van der Waals surface area contributed by atoms with Crippen molar-refractivity contribution in [2.24, 2.45) is 0 Å². The van der Waals surface area contributed by atoms with Gasteiger partial charge in [0.25, 0.3) is 0 Å². The summed E-state index contributed by atoms with van der Waals surface area (Å²) < 4.78 is 19.5. The Hall–Kier alpha value is -5.35. The highest BCUT2D eigenvalue weighted by atomic mass is 16.3. The maximum Gasteiger partial charge on any atom is 0.147 e. The average Bonchev–Trinajstić information content (AvgIpc) is 3.68. The van der Waals surface area contributed by atoms with E-state index in [-0.39, 0.29) is 0 Å². The van der Waals surface area contributed by atoms with E-state index < -0.39 is 0 Å². The molecule has 4 heterocycles. The van der Waals surface area contributed by atoms with Gasteiger partial charge in [0.15, 0.2) is 0 Å². The fourth-order valence-corrected chi connectivity index (χ4v) is 6.02. The van der Waals surface area contributed by atoms with Gasteiger partial charge in [-0.3, -0.25) is 4.98 Å². The zero-order valence-corrected chi connectivity index (χ0v) is 20.6. The minimum absolute atomic E-state index is 0.799. The molecule has 0 aliphatic heterocycles. The molecule has 39 heavy (non-hydrogen) atoms. The number of para-hydroxylation sites is 2. The van der Waals surface area contributed by atoms with Crippen LogP contribution in [0.25, 0.3) is 88.1 Å². The summed E-state index contributed by atoms with van der Waals surface area (Å²) >= 11 is 0. The summed E-state index contributed by atoms with van der Waals surface area (Å²) in [6, 6.07) is 35.2. The minimum Gasteiger partial charge on any atom is -0.456 e. The first kappa shape index (κ1) is 20.7. The van der Waals surface area contributed by atoms with E-state index in [1.54, 1.807) is 0 Å². The number of fused-ring (bicyclic) bond motifs is 11. The van der Waals surface area contributed by atoms with Gasteiger partial charge in [0, 0.05) is 44.9 Å². The van der Waals surface area contributed by atoms with Crippen molar-refractivity contribution in [1.82, 2.24) is 4.98 Å². The predicted molar refractivity (Wildman–Crippen MR) is 157 cm³/mol. The van der Waals surface area contributed by atoms with E-state index >= 15 is 0 Å². The number of pyridine rings is 1. The van der Waals surface area contributed by atoms with Crippen LogP contribution in [0.1, 0.15) is 0 Å². The average molecular weight is 502 g/mol. The molecule has 0 unspecified atom stereocenters. The van der Waals surface area contributed by atoms with Crippen LogP contribution in [-0.4, -0.2) is 4.98 Å². The molecule has 0 spiro atoms. The second-order valence-corrected chi connectivity index (χ2v) is 9.93. The molecule has 0 saturated heterocycles. The molecule has 0 saturated carbocycles. The first-order chi connectivity index (χ1) is 19.3. The Morgan fingerprint density at radius 2 is 1.08 bits per heavy atom. The quantitative estimate of drug-likeness (QED) is 0.236. The van der Waals surface area contributed by atoms with Crippen molar-refractivity contribution in [2.45, 2.75) is 0 Å². The Morgan fingerprint density at radius 1 is 0.410 bits per heavy atom. The van der Waals surface area contributed by atoms with Gasteiger partial charge in [-0.2, -0.15) is 0 Å². The smallest absolute Gasteiger partial charge is 0.147 e. The Bertz CT molecular complexity index is 2370. The Labute approximate surface area is 221 Å². The fraction of sp³-hybridized carbons (Fsp3) is 0. The van der Waals surface area contributed by atoms with Crippen LogP contribution in [0.3, 0.4) is 0 Å². The van der Waals surface area contributed by atoms with Crippen molar-refractivity contribution >= 4 is 65.8 Å². The number of nitrogens with zero attached hydrogens (tertiary/aromatic N) is 1. The maximum atomic E-state index is 6.57. The van der Waals surface area contributed by atoms with E-state index in [4.69, 9.17) is 13.3 Å². The van der Waals surface area contributed by atoms with Gasteiger partial charge in [0.05, 0.1) is 5.39 Å². The highest BCUT2D eigenvalue weighted by Gasteiger charge is 2.23. The van der Waals surface area contributed by atoms with Crippen LogP contribution >= 0.6 is 0 Å². The zero-order chi connectivity index (χ0) is 25.5. The molecule has 4 heteroatoms. The molecular weight excluding hydrogens is 482 g/mol. The first-order valence-electron chi connectivity index (χ1n) is 12.9. The summed E-state index contributed by atoms with van der Waals surface area (Å²) in [5.41, 5.74) is 9.34. The van der Waals surface area contributed by atoms with E-state index in [0.717, 1.165) is 88.1 Å². The lowest BCUT2D eigenvalue weighted by Gasteiger charge is -2.06. The summed E-state index contributed by atoms with van der Waals surface area (Å²) in [4.78, 5) is 4.14. The van der Waals surface area contributed by atoms with Crippen molar-refractivity contribution in [3.05, 3.63) is 116 Å². The molecule has 182 valence electrons. The number of benzene rings is 5. The van der Waals surface area contributed by atoms with Gasteiger partial charge in [0.1, 0.15) is 33.5 Å². The summed E-state index contributed by atoms with van der Waals surface area (Å²) in [5, 5.41) is 6.29. The molecule has 0 N–H and O–H groups in total. The van der Waals surface area contributed by atoms with Crippen molar-refractivity contribution < 1.29 is 13.3 Å². The summed E-state index contributed by atoms with van der Waals surface area (Å²) in [5.74, 6) is 0. The molecule has 4 aromatic heterocycles. The summed E-state index contributed by atoms with van der Waals surface area (Å²) in [6.07, 6.45) is 3.63. The van der Waals surface area contributed by atoms with Crippen LogP contribution in [0, 0.1) is 0 Å². The second kappa shape index (κ2) is 7.59. The molecule has 9 rings (SSSR count). The van der Waals surface area contributed by atoms with Crippen LogP contribution < -0.4 is 0 Å². The van der Waals surface area contributed by atoms with Gasteiger partial charge in [-0.25, -0.2) is 0 Å².